The second kappa shape index (κ2) is 5.96. The summed E-state index contributed by atoms with van der Waals surface area (Å²) < 4.78 is 1.14. The Morgan fingerprint density at radius 1 is 1.28 bits per heavy atom. The molecule has 1 aliphatic rings. The maximum atomic E-state index is 3.73. The van der Waals surface area contributed by atoms with Crippen LogP contribution in [0.15, 0.2) is 22.7 Å². The summed E-state index contributed by atoms with van der Waals surface area (Å²) >= 11 is 3.56. The van der Waals surface area contributed by atoms with E-state index in [1.165, 1.54) is 37.1 Å². The third kappa shape index (κ3) is 3.41. The van der Waals surface area contributed by atoms with Gasteiger partial charge in [-0.15, -0.1) is 0 Å². The molecule has 0 heterocycles. The smallest absolute Gasteiger partial charge is 0.0597 e. The topological polar surface area (TPSA) is 15.3 Å². The minimum atomic E-state index is 0.627. The zero-order valence-electron chi connectivity index (χ0n) is 11.5. The SMILES string of the molecule is CC1CCCC(Nc2cc(Br)ccc2N(C)C)C1. The first kappa shape index (κ1) is 13.7. The fourth-order valence-corrected chi connectivity index (χ4v) is 3.16. The van der Waals surface area contributed by atoms with Crippen molar-refractivity contribution in [2.75, 3.05) is 24.3 Å². The molecule has 0 radical (unpaired) electrons. The van der Waals surface area contributed by atoms with Crippen molar-refractivity contribution in [1.29, 1.82) is 0 Å². The zero-order chi connectivity index (χ0) is 13.1. The van der Waals surface area contributed by atoms with Gasteiger partial charge in [0.15, 0.2) is 0 Å². The van der Waals surface area contributed by atoms with Gasteiger partial charge in [0.2, 0.25) is 0 Å². The van der Waals surface area contributed by atoms with E-state index in [1.54, 1.807) is 0 Å². The van der Waals surface area contributed by atoms with E-state index in [4.69, 9.17) is 0 Å². The van der Waals surface area contributed by atoms with Crippen LogP contribution in [0, 0.1) is 5.92 Å². The first-order valence-corrected chi connectivity index (χ1v) is 7.59. The molecule has 1 N–H and O–H groups in total. The van der Waals surface area contributed by atoms with Crippen LogP contribution in [0.1, 0.15) is 32.6 Å². The van der Waals surface area contributed by atoms with E-state index in [9.17, 15) is 0 Å². The molecular weight excluding hydrogens is 288 g/mol. The second-order valence-corrected chi connectivity index (χ2v) is 6.58. The molecule has 2 atom stereocenters. The lowest BCUT2D eigenvalue weighted by molar-refractivity contribution is 0.358. The van der Waals surface area contributed by atoms with Crippen molar-refractivity contribution in [3.63, 3.8) is 0 Å². The average molecular weight is 311 g/mol. The van der Waals surface area contributed by atoms with Gasteiger partial charge >= 0.3 is 0 Å². The van der Waals surface area contributed by atoms with Gasteiger partial charge in [0.25, 0.3) is 0 Å². The summed E-state index contributed by atoms with van der Waals surface area (Å²) in [6, 6.07) is 7.08. The molecule has 2 nitrogen and oxygen atoms in total. The van der Waals surface area contributed by atoms with Crippen LogP contribution in [0.5, 0.6) is 0 Å². The van der Waals surface area contributed by atoms with E-state index in [2.05, 4.69) is 65.4 Å². The van der Waals surface area contributed by atoms with Crippen LogP contribution in [0.4, 0.5) is 11.4 Å². The molecule has 0 bridgehead atoms. The third-order valence-corrected chi connectivity index (χ3v) is 4.23. The summed E-state index contributed by atoms with van der Waals surface area (Å²) in [5.74, 6) is 0.853. The number of benzene rings is 1. The summed E-state index contributed by atoms with van der Waals surface area (Å²) in [5.41, 5.74) is 2.50. The van der Waals surface area contributed by atoms with Crippen LogP contribution < -0.4 is 10.2 Å². The van der Waals surface area contributed by atoms with Gasteiger partial charge in [-0.05, 0) is 37.0 Å². The highest BCUT2D eigenvalue weighted by molar-refractivity contribution is 9.10. The predicted molar refractivity (Wildman–Crippen MR) is 83.5 cm³/mol. The number of nitrogens with one attached hydrogen (secondary N) is 1. The minimum Gasteiger partial charge on any atom is -0.381 e. The number of anilines is 2. The predicted octanol–water partition coefficient (Wildman–Crippen LogP) is 4.51. The fourth-order valence-electron chi connectivity index (χ4n) is 2.80. The summed E-state index contributed by atoms with van der Waals surface area (Å²) in [6.07, 6.45) is 5.32. The van der Waals surface area contributed by atoms with E-state index in [1.807, 2.05) is 0 Å². The number of rotatable bonds is 3. The standard InChI is InChI=1S/C15H23BrN2/c1-11-5-4-6-13(9-11)17-14-10-12(16)7-8-15(14)18(2)3/h7-8,10-11,13,17H,4-6,9H2,1-3H3. The summed E-state index contributed by atoms with van der Waals surface area (Å²) in [5, 5.41) is 3.73. The molecule has 3 heteroatoms. The number of hydrogen-bond acceptors (Lipinski definition) is 2. The van der Waals surface area contributed by atoms with Crippen molar-refractivity contribution >= 4 is 27.3 Å². The van der Waals surface area contributed by atoms with Crippen molar-refractivity contribution in [3.8, 4) is 0 Å². The molecule has 1 saturated carbocycles. The molecule has 0 amide bonds. The van der Waals surface area contributed by atoms with E-state index in [0.717, 1.165) is 10.4 Å². The van der Waals surface area contributed by atoms with Gasteiger partial charge in [-0.2, -0.15) is 0 Å². The van der Waals surface area contributed by atoms with Gasteiger partial charge < -0.3 is 10.2 Å². The molecule has 1 aromatic rings. The lowest BCUT2D eigenvalue weighted by Gasteiger charge is -2.30. The van der Waals surface area contributed by atoms with Gasteiger partial charge in [0.05, 0.1) is 11.4 Å². The molecule has 1 aromatic carbocycles. The molecule has 2 rings (SSSR count). The van der Waals surface area contributed by atoms with Crippen LogP contribution in [-0.2, 0) is 0 Å². The first-order valence-electron chi connectivity index (χ1n) is 6.79. The minimum absolute atomic E-state index is 0.627. The Hall–Kier alpha value is -0.700. The fraction of sp³-hybridized carbons (Fsp3) is 0.600. The average Bonchev–Trinajstić information content (AvgIpc) is 2.28. The molecule has 0 spiro atoms. The molecule has 1 aliphatic carbocycles. The normalized spacial score (nSPS) is 23.8. The largest absolute Gasteiger partial charge is 0.381 e. The van der Waals surface area contributed by atoms with Crippen LogP contribution in [0.25, 0.3) is 0 Å². The monoisotopic (exact) mass is 310 g/mol. The maximum Gasteiger partial charge on any atom is 0.0597 e. The number of halogens is 1. The van der Waals surface area contributed by atoms with E-state index in [0.29, 0.717) is 6.04 Å². The molecule has 0 aromatic heterocycles. The molecule has 2 unspecified atom stereocenters. The Morgan fingerprint density at radius 2 is 2.06 bits per heavy atom. The Kier molecular flexibility index (Phi) is 4.55. The van der Waals surface area contributed by atoms with E-state index < -0.39 is 0 Å². The summed E-state index contributed by atoms with van der Waals surface area (Å²) in [4.78, 5) is 2.17. The van der Waals surface area contributed by atoms with Gasteiger partial charge in [-0.25, -0.2) is 0 Å². The molecular formula is C15H23BrN2. The van der Waals surface area contributed by atoms with Gasteiger partial charge in [0.1, 0.15) is 0 Å². The highest BCUT2D eigenvalue weighted by Crippen LogP contribution is 2.32. The van der Waals surface area contributed by atoms with Gasteiger partial charge in [-0.3, -0.25) is 0 Å². The molecule has 100 valence electrons. The highest BCUT2D eigenvalue weighted by Gasteiger charge is 2.19. The van der Waals surface area contributed by atoms with Crippen molar-refractivity contribution in [3.05, 3.63) is 22.7 Å². The van der Waals surface area contributed by atoms with E-state index >= 15 is 0 Å². The zero-order valence-corrected chi connectivity index (χ0v) is 13.1. The lowest BCUT2D eigenvalue weighted by atomic mass is 9.87. The third-order valence-electron chi connectivity index (χ3n) is 3.74. The Morgan fingerprint density at radius 3 is 2.72 bits per heavy atom. The van der Waals surface area contributed by atoms with Crippen molar-refractivity contribution in [2.24, 2.45) is 5.92 Å². The lowest BCUT2D eigenvalue weighted by Crippen LogP contribution is -2.27. The van der Waals surface area contributed by atoms with Crippen molar-refractivity contribution < 1.29 is 0 Å². The molecule has 18 heavy (non-hydrogen) atoms. The first-order chi connectivity index (χ1) is 8.56. The van der Waals surface area contributed by atoms with Crippen LogP contribution in [-0.4, -0.2) is 20.1 Å². The van der Waals surface area contributed by atoms with Gasteiger partial charge in [0, 0.05) is 24.6 Å². The van der Waals surface area contributed by atoms with Crippen LogP contribution in [0.2, 0.25) is 0 Å². The molecule has 0 saturated heterocycles. The summed E-state index contributed by atoms with van der Waals surface area (Å²) in [7, 11) is 4.19. The molecule has 1 fully saturated rings. The second-order valence-electron chi connectivity index (χ2n) is 5.67. The Balaban J connectivity index is 2.14. The number of hydrogen-bond donors (Lipinski definition) is 1. The summed E-state index contributed by atoms with van der Waals surface area (Å²) in [6.45, 7) is 2.36. The van der Waals surface area contributed by atoms with Gasteiger partial charge in [-0.1, -0.05) is 35.7 Å². The highest BCUT2D eigenvalue weighted by atomic mass is 79.9. The van der Waals surface area contributed by atoms with E-state index in [-0.39, 0.29) is 0 Å². The Bertz CT molecular complexity index is 403. The van der Waals surface area contributed by atoms with Crippen LogP contribution >= 0.6 is 15.9 Å². The Labute approximate surface area is 119 Å². The number of nitrogens with zero attached hydrogens (tertiary/aromatic N) is 1. The maximum absolute atomic E-state index is 3.73. The quantitative estimate of drug-likeness (QED) is 0.884. The van der Waals surface area contributed by atoms with Crippen molar-refractivity contribution in [2.45, 2.75) is 38.6 Å². The van der Waals surface area contributed by atoms with Crippen LogP contribution in [0.3, 0.4) is 0 Å². The molecule has 0 aliphatic heterocycles. The van der Waals surface area contributed by atoms with Crippen molar-refractivity contribution in [1.82, 2.24) is 0 Å².